The second-order valence-electron chi connectivity index (χ2n) is 4.59. The van der Waals surface area contributed by atoms with Gasteiger partial charge in [-0.1, -0.05) is 50.3 Å². The van der Waals surface area contributed by atoms with Crippen molar-refractivity contribution in [1.82, 2.24) is 5.32 Å². The normalized spacial score (nSPS) is 10.6. The van der Waals surface area contributed by atoms with E-state index in [4.69, 9.17) is 0 Å². The summed E-state index contributed by atoms with van der Waals surface area (Å²) in [6.45, 7) is 8.08. The van der Waals surface area contributed by atoms with Crippen molar-refractivity contribution in [3.8, 4) is 10.4 Å². The molecule has 19 heavy (non-hydrogen) atoms. The lowest BCUT2D eigenvalue weighted by atomic mass is 10.1. The van der Waals surface area contributed by atoms with Gasteiger partial charge in [0.15, 0.2) is 0 Å². The highest BCUT2D eigenvalue weighted by molar-refractivity contribution is 7.16. The standard InChI is InChI=1S/C17H21NS/c1-3-5-12-18-13-14-8-6-7-9-16(14)17-11-10-15(4-2)19-17/h4,6-11,18H,2-3,5,12-13H2,1H3. The summed E-state index contributed by atoms with van der Waals surface area (Å²) in [5.41, 5.74) is 2.71. The predicted molar refractivity (Wildman–Crippen MR) is 86.5 cm³/mol. The summed E-state index contributed by atoms with van der Waals surface area (Å²) < 4.78 is 0. The summed E-state index contributed by atoms with van der Waals surface area (Å²) in [6, 6.07) is 13.0. The van der Waals surface area contributed by atoms with Crippen LogP contribution < -0.4 is 5.32 Å². The second-order valence-corrected chi connectivity index (χ2v) is 5.71. The van der Waals surface area contributed by atoms with Crippen LogP contribution in [0.15, 0.2) is 43.0 Å². The van der Waals surface area contributed by atoms with E-state index in [1.165, 1.54) is 33.7 Å². The summed E-state index contributed by atoms with van der Waals surface area (Å²) in [5, 5.41) is 3.52. The van der Waals surface area contributed by atoms with Gasteiger partial charge in [0.25, 0.3) is 0 Å². The molecule has 0 amide bonds. The maximum absolute atomic E-state index is 3.83. The number of hydrogen-bond acceptors (Lipinski definition) is 2. The van der Waals surface area contributed by atoms with Crippen molar-refractivity contribution < 1.29 is 0 Å². The van der Waals surface area contributed by atoms with E-state index in [2.05, 4.69) is 55.2 Å². The van der Waals surface area contributed by atoms with Crippen molar-refractivity contribution in [3.05, 3.63) is 53.4 Å². The molecule has 100 valence electrons. The lowest BCUT2D eigenvalue weighted by molar-refractivity contribution is 0.642. The summed E-state index contributed by atoms with van der Waals surface area (Å²) in [7, 11) is 0. The number of hydrogen-bond donors (Lipinski definition) is 1. The van der Waals surface area contributed by atoms with Crippen molar-refractivity contribution in [2.45, 2.75) is 26.3 Å². The Morgan fingerprint density at radius 3 is 2.79 bits per heavy atom. The molecule has 0 saturated heterocycles. The van der Waals surface area contributed by atoms with Crippen LogP contribution in [0.5, 0.6) is 0 Å². The number of thiophene rings is 1. The third-order valence-corrected chi connectivity index (χ3v) is 4.25. The smallest absolute Gasteiger partial charge is 0.0352 e. The van der Waals surface area contributed by atoms with E-state index in [1.807, 2.05) is 6.08 Å². The van der Waals surface area contributed by atoms with Crippen LogP contribution in [0.2, 0.25) is 0 Å². The van der Waals surface area contributed by atoms with E-state index in [9.17, 15) is 0 Å². The van der Waals surface area contributed by atoms with Crippen LogP contribution in [0.25, 0.3) is 16.5 Å². The summed E-state index contributed by atoms with van der Waals surface area (Å²) in [5.74, 6) is 0. The van der Waals surface area contributed by atoms with Gasteiger partial charge in [-0.2, -0.15) is 0 Å². The van der Waals surface area contributed by atoms with Gasteiger partial charge in [-0.3, -0.25) is 0 Å². The Balaban J connectivity index is 2.13. The summed E-state index contributed by atoms with van der Waals surface area (Å²) in [4.78, 5) is 2.55. The topological polar surface area (TPSA) is 12.0 Å². The van der Waals surface area contributed by atoms with Gasteiger partial charge in [0, 0.05) is 16.3 Å². The third kappa shape index (κ3) is 3.79. The molecule has 0 radical (unpaired) electrons. The second kappa shape index (κ2) is 7.27. The van der Waals surface area contributed by atoms with Crippen LogP contribution in [-0.2, 0) is 6.54 Å². The highest BCUT2D eigenvalue weighted by Gasteiger charge is 2.06. The van der Waals surface area contributed by atoms with Gasteiger partial charge in [0.2, 0.25) is 0 Å². The zero-order valence-electron chi connectivity index (χ0n) is 11.5. The quantitative estimate of drug-likeness (QED) is 0.703. The molecule has 0 spiro atoms. The number of rotatable bonds is 7. The van der Waals surface area contributed by atoms with Gasteiger partial charge in [-0.15, -0.1) is 11.3 Å². The van der Waals surface area contributed by atoms with Crippen LogP contribution in [0.3, 0.4) is 0 Å². The number of nitrogens with one attached hydrogen (secondary N) is 1. The van der Waals surface area contributed by atoms with Gasteiger partial charge in [-0.05, 0) is 36.2 Å². The van der Waals surface area contributed by atoms with E-state index < -0.39 is 0 Å². The van der Waals surface area contributed by atoms with Crippen molar-refractivity contribution >= 4 is 17.4 Å². The van der Waals surface area contributed by atoms with Crippen LogP contribution in [0.4, 0.5) is 0 Å². The van der Waals surface area contributed by atoms with Crippen molar-refractivity contribution in [3.63, 3.8) is 0 Å². The first-order valence-electron chi connectivity index (χ1n) is 6.86. The average molecular weight is 271 g/mol. The largest absolute Gasteiger partial charge is 0.313 e. The minimum atomic E-state index is 0.942. The minimum Gasteiger partial charge on any atom is -0.313 e. The van der Waals surface area contributed by atoms with Crippen LogP contribution in [-0.4, -0.2) is 6.54 Å². The molecule has 1 heterocycles. The highest BCUT2D eigenvalue weighted by atomic mass is 32.1. The monoisotopic (exact) mass is 271 g/mol. The van der Waals surface area contributed by atoms with Gasteiger partial charge < -0.3 is 5.32 Å². The van der Waals surface area contributed by atoms with E-state index >= 15 is 0 Å². The van der Waals surface area contributed by atoms with Gasteiger partial charge in [0.1, 0.15) is 0 Å². The fraction of sp³-hybridized carbons (Fsp3) is 0.294. The Labute approximate surface area is 120 Å². The lowest BCUT2D eigenvalue weighted by Gasteiger charge is -2.09. The van der Waals surface area contributed by atoms with E-state index in [0.29, 0.717) is 0 Å². The van der Waals surface area contributed by atoms with Crippen molar-refractivity contribution in [2.24, 2.45) is 0 Å². The summed E-state index contributed by atoms with van der Waals surface area (Å²) in [6.07, 6.45) is 4.39. The maximum Gasteiger partial charge on any atom is 0.0352 e. The minimum absolute atomic E-state index is 0.942. The first-order chi connectivity index (χ1) is 9.35. The maximum atomic E-state index is 3.83. The zero-order valence-corrected chi connectivity index (χ0v) is 12.3. The SMILES string of the molecule is C=Cc1ccc(-c2ccccc2CNCCCC)s1. The van der Waals surface area contributed by atoms with Gasteiger partial charge in [-0.25, -0.2) is 0 Å². The molecular weight excluding hydrogens is 250 g/mol. The fourth-order valence-corrected chi connectivity index (χ4v) is 2.97. The van der Waals surface area contributed by atoms with E-state index in [-0.39, 0.29) is 0 Å². The predicted octanol–water partition coefficient (Wildman–Crippen LogP) is 4.95. The molecule has 0 aliphatic carbocycles. The molecule has 2 rings (SSSR count). The molecule has 0 saturated carbocycles. The van der Waals surface area contributed by atoms with Crippen LogP contribution in [0, 0.1) is 0 Å². The zero-order chi connectivity index (χ0) is 13.5. The first-order valence-corrected chi connectivity index (χ1v) is 7.68. The molecule has 0 aliphatic heterocycles. The van der Waals surface area contributed by atoms with Gasteiger partial charge >= 0.3 is 0 Å². The summed E-state index contributed by atoms with van der Waals surface area (Å²) >= 11 is 1.80. The van der Waals surface area contributed by atoms with E-state index in [0.717, 1.165) is 13.1 Å². The Morgan fingerprint density at radius 1 is 1.21 bits per heavy atom. The fourth-order valence-electron chi connectivity index (χ4n) is 2.05. The Morgan fingerprint density at radius 2 is 2.05 bits per heavy atom. The molecular formula is C17H21NS. The lowest BCUT2D eigenvalue weighted by Crippen LogP contribution is -2.14. The molecule has 2 heteroatoms. The molecule has 0 atom stereocenters. The Kier molecular flexibility index (Phi) is 5.37. The first kappa shape index (κ1) is 14.0. The highest BCUT2D eigenvalue weighted by Crippen LogP contribution is 2.31. The third-order valence-electron chi connectivity index (χ3n) is 3.13. The molecule has 1 aromatic heterocycles. The number of unbranched alkanes of at least 4 members (excludes halogenated alkanes) is 1. The molecule has 0 fully saturated rings. The van der Waals surface area contributed by atoms with Crippen molar-refractivity contribution in [2.75, 3.05) is 6.54 Å². The molecule has 1 nitrogen and oxygen atoms in total. The molecule has 1 N–H and O–H groups in total. The van der Waals surface area contributed by atoms with Crippen molar-refractivity contribution in [1.29, 1.82) is 0 Å². The molecule has 2 aromatic rings. The number of benzene rings is 1. The van der Waals surface area contributed by atoms with Crippen LogP contribution >= 0.6 is 11.3 Å². The Bertz CT molecular complexity index is 528. The van der Waals surface area contributed by atoms with E-state index in [1.54, 1.807) is 11.3 Å². The Hall–Kier alpha value is -1.38. The average Bonchev–Trinajstić information content (AvgIpc) is 2.93. The molecule has 1 aromatic carbocycles. The molecule has 0 aliphatic rings. The molecule has 0 bridgehead atoms. The van der Waals surface area contributed by atoms with Crippen LogP contribution in [0.1, 0.15) is 30.2 Å². The van der Waals surface area contributed by atoms with Gasteiger partial charge in [0.05, 0.1) is 0 Å². The molecule has 0 unspecified atom stereocenters.